The average molecular weight is 414 g/mol. The Labute approximate surface area is 167 Å². The molecule has 1 aromatic rings. The summed E-state index contributed by atoms with van der Waals surface area (Å²) in [5.74, 6) is 0.0477. The van der Waals surface area contributed by atoms with Crippen LogP contribution in [0.3, 0.4) is 0 Å². The normalized spacial score (nSPS) is 18.7. The predicted molar refractivity (Wildman–Crippen MR) is 102 cm³/mol. The lowest BCUT2D eigenvalue weighted by atomic mass is 10.1. The lowest BCUT2D eigenvalue weighted by Crippen LogP contribution is -2.44. The molecule has 2 aliphatic rings. The van der Waals surface area contributed by atoms with Crippen molar-refractivity contribution in [3.63, 3.8) is 0 Å². The number of likely N-dealkylation sites (tertiary alicyclic amines) is 1. The molecule has 0 radical (unpaired) electrons. The van der Waals surface area contributed by atoms with Crippen LogP contribution in [0.2, 0.25) is 0 Å². The quantitative estimate of drug-likeness (QED) is 0.777. The molecular formula is C19H25F3N4O3. The topological polar surface area (TPSA) is 73.9 Å². The van der Waals surface area contributed by atoms with Crippen LogP contribution < -0.4 is 15.5 Å². The number of hydrogen-bond acceptors (Lipinski definition) is 4. The largest absolute Gasteiger partial charge is 0.416 e. The fourth-order valence-corrected chi connectivity index (χ4v) is 3.55. The standard InChI is InChI=1S/C19H25F3N4O3/c1-13(12-26-6-2-3-17(26)27)23-18(28)24-15-11-14(19(20,21)22)4-5-16(15)25-7-9-29-10-8-25/h4-5,11,13H,2-3,6-10,12H2,1H3,(H2,23,24,28). The summed E-state index contributed by atoms with van der Waals surface area (Å²) in [7, 11) is 0. The number of amides is 3. The average Bonchev–Trinajstić information content (AvgIpc) is 3.06. The molecule has 0 bridgehead atoms. The van der Waals surface area contributed by atoms with Crippen LogP contribution >= 0.6 is 0 Å². The van der Waals surface area contributed by atoms with Gasteiger partial charge in [0.2, 0.25) is 5.91 Å². The van der Waals surface area contributed by atoms with E-state index in [4.69, 9.17) is 4.74 Å². The van der Waals surface area contributed by atoms with Crippen LogP contribution in [-0.2, 0) is 15.7 Å². The number of urea groups is 1. The van der Waals surface area contributed by atoms with Crippen LogP contribution in [0.15, 0.2) is 18.2 Å². The predicted octanol–water partition coefficient (Wildman–Crippen LogP) is 2.67. The lowest BCUT2D eigenvalue weighted by Gasteiger charge is -2.31. The number of nitrogens with one attached hydrogen (secondary N) is 2. The molecule has 2 saturated heterocycles. The highest BCUT2D eigenvalue weighted by Gasteiger charge is 2.32. The third kappa shape index (κ3) is 5.53. The highest BCUT2D eigenvalue weighted by Crippen LogP contribution is 2.35. The van der Waals surface area contributed by atoms with E-state index in [2.05, 4.69) is 10.6 Å². The van der Waals surface area contributed by atoms with Crippen molar-refractivity contribution in [2.75, 3.05) is 49.6 Å². The Bertz CT molecular complexity index is 751. The molecule has 2 aliphatic heterocycles. The minimum absolute atomic E-state index is 0.0477. The van der Waals surface area contributed by atoms with Crippen molar-refractivity contribution in [1.82, 2.24) is 10.2 Å². The van der Waals surface area contributed by atoms with E-state index in [-0.39, 0.29) is 17.6 Å². The Morgan fingerprint density at radius 3 is 2.59 bits per heavy atom. The number of anilines is 2. The maximum Gasteiger partial charge on any atom is 0.416 e. The van der Waals surface area contributed by atoms with Gasteiger partial charge in [-0.25, -0.2) is 4.79 Å². The summed E-state index contributed by atoms with van der Waals surface area (Å²) in [4.78, 5) is 27.7. The zero-order chi connectivity index (χ0) is 21.0. The molecule has 0 saturated carbocycles. The van der Waals surface area contributed by atoms with Crippen molar-refractivity contribution in [1.29, 1.82) is 0 Å². The number of alkyl halides is 3. The van der Waals surface area contributed by atoms with Gasteiger partial charge in [0.25, 0.3) is 0 Å². The van der Waals surface area contributed by atoms with Gasteiger partial charge in [-0.3, -0.25) is 4.79 Å². The first-order chi connectivity index (χ1) is 13.7. The van der Waals surface area contributed by atoms with Gasteiger partial charge in [-0.1, -0.05) is 0 Å². The third-order valence-electron chi connectivity index (χ3n) is 4.97. The number of hydrogen-bond donors (Lipinski definition) is 2. The summed E-state index contributed by atoms with van der Waals surface area (Å²) in [6, 6.07) is 2.37. The maximum atomic E-state index is 13.2. The van der Waals surface area contributed by atoms with Gasteiger partial charge in [-0.2, -0.15) is 13.2 Å². The highest BCUT2D eigenvalue weighted by atomic mass is 19.4. The number of morpholine rings is 1. The molecule has 10 heteroatoms. The smallest absolute Gasteiger partial charge is 0.378 e. The summed E-state index contributed by atoms with van der Waals surface area (Å²) in [5, 5.41) is 5.25. The number of nitrogens with zero attached hydrogens (tertiary/aromatic N) is 2. The van der Waals surface area contributed by atoms with Crippen molar-refractivity contribution >= 4 is 23.3 Å². The molecule has 0 aliphatic carbocycles. The fourth-order valence-electron chi connectivity index (χ4n) is 3.55. The van der Waals surface area contributed by atoms with Gasteiger partial charge < -0.3 is 25.2 Å². The van der Waals surface area contributed by atoms with Gasteiger partial charge in [-0.15, -0.1) is 0 Å². The molecule has 2 N–H and O–H groups in total. The molecule has 3 rings (SSSR count). The molecule has 1 atom stereocenters. The van der Waals surface area contributed by atoms with Crippen LogP contribution in [-0.4, -0.2) is 62.3 Å². The minimum atomic E-state index is -4.51. The molecule has 3 amide bonds. The Kier molecular flexibility index (Phi) is 6.51. The Balaban J connectivity index is 1.71. The first-order valence-electron chi connectivity index (χ1n) is 9.63. The molecule has 29 heavy (non-hydrogen) atoms. The van der Waals surface area contributed by atoms with Crippen molar-refractivity contribution in [2.24, 2.45) is 0 Å². The number of benzene rings is 1. The number of halogens is 3. The number of rotatable bonds is 5. The molecule has 1 unspecified atom stereocenters. The summed E-state index contributed by atoms with van der Waals surface area (Å²) in [6.07, 6.45) is -3.21. The van der Waals surface area contributed by atoms with Gasteiger partial charge in [0.15, 0.2) is 0 Å². The van der Waals surface area contributed by atoms with Crippen LogP contribution in [0.4, 0.5) is 29.3 Å². The molecule has 7 nitrogen and oxygen atoms in total. The molecular weight excluding hydrogens is 389 g/mol. The van der Waals surface area contributed by atoms with E-state index in [1.54, 1.807) is 11.8 Å². The molecule has 2 fully saturated rings. The van der Waals surface area contributed by atoms with Gasteiger partial charge in [0, 0.05) is 38.6 Å². The first kappa shape index (κ1) is 21.2. The van der Waals surface area contributed by atoms with E-state index in [0.717, 1.165) is 18.6 Å². The van der Waals surface area contributed by atoms with Gasteiger partial charge in [0.1, 0.15) is 0 Å². The third-order valence-corrected chi connectivity index (χ3v) is 4.97. The van der Waals surface area contributed by atoms with Crippen molar-refractivity contribution < 1.29 is 27.5 Å². The highest BCUT2D eigenvalue weighted by molar-refractivity contribution is 5.93. The molecule has 160 valence electrons. The minimum Gasteiger partial charge on any atom is -0.378 e. The first-order valence-corrected chi connectivity index (χ1v) is 9.63. The van der Waals surface area contributed by atoms with Crippen LogP contribution in [0.5, 0.6) is 0 Å². The molecule has 0 spiro atoms. The Morgan fingerprint density at radius 1 is 1.24 bits per heavy atom. The van der Waals surface area contributed by atoms with Gasteiger partial charge in [0.05, 0.1) is 30.2 Å². The lowest BCUT2D eigenvalue weighted by molar-refractivity contribution is -0.137. The van der Waals surface area contributed by atoms with E-state index in [9.17, 15) is 22.8 Å². The summed E-state index contributed by atoms with van der Waals surface area (Å²) < 4.78 is 44.8. The molecule has 1 aromatic carbocycles. The van der Waals surface area contributed by atoms with E-state index < -0.39 is 17.8 Å². The summed E-state index contributed by atoms with van der Waals surface area (Å²) >= 11 is 0. The van der Waals surface area contributed by atoms with Crippen LogP contribution in [0, 0.1) is 0 Å². The summed E-state index contributed by atoms with van der Waals surface area (Å²) in [6.45, 7) is 4.75. The SMILES string of the molecule is CC(CN1CCCC1=O)NC(=O)Nc1cc(C(F)(F)F)ccc1N1CCOCC1. The summed E-state index contributed by atoms with van der Waals surface area (Å²) in [5.41, 5.74) is -0.233. The van der Waals surface area contributed by atoms with E-state index in [1.807, 2.05) is 4.90 Å². The molecule has 2 heterocycles. The van der Waals surface area contributed by atoms with Gasteiger partial charge >= 0.3 is 12.2 Å². The van der Waals surface area contributed by atoms with Crippen molar-refractivity contribution in [3.8, 4) is 0 Å². The zero-order valence-corrected chi connectivity index (χ0v) is 16.2. The number of carbonyl (C=O) groups excluding carboxylic acids is 2. The van der Waals surface area contributed by atoms with E-state index >= 15 is 0 Å². The maximum absolute atomic E-state index is 13.2. The van der Waals surface area contributed by atoms with Gasteiger partial charge in [-0.05, 0) is 31.5 Å². The second kappa shape index (κ2) is 8.89. The van der Waals surface area contributed by atoms with Crippen molar-refractivity contribution in [2.45, 2.75) is 32.0 Å². The fraction of sp³-hybridized carbons (Fsp3) is 0.579. The monoisotopic (exact) mass is 414 g/mol. The Morgan fingerprint density at radius 2 is 1.97 bits per heavy atom. The van der Waals surface area contributed by atoms with Crippen LogP contribution in [0.1, 0.15) is 25.3 Å². The van der Waals surface area contributed by atoms with Crippen LogP contribution in [0.25, 0.3) is 0 Å². The van der Waals surface area contributed by atoms with E-state index in [0.29, 0.717) is 51.5 Å². The molecule has 0 aromatic heterocycles. The number of ether oxygens (including phenoxy) is 1. The Hall–Kier alpha value is -2.49. The second-order valence-electron chi connectivity index (χ2n) is 7.27. The zero-order valence-electron chi connectivity index (χ0n) is 16.2. The van der Waals surface area contributed by atoms with Crippen molar-refractivity contribution in [3.05, 3.63) is 23.8 Å². The van der Waals surface area contributed by atoms with E-state index in [1.165, 1.54) is 6.07 Å². The second-order valence-corrected chi connectivity index (χ2v) is 7.27. The number of carbonyl (C=O) groups is 2.